The molecule has 0 aliphatic heterocycles. The molecule has 2 aromatic rings. The van der Waals surface area contributed by atoms with Gasteiger partial charge in [-0.2, -0.15) is 5.10 Å². The Hall–Kier alpha value is -1.65. The van der Waals surface area contributed by atoms with Gasteiger partial charge in [-0.3, -0.25) is 4.68 Å². The Morgan fingerprint density at radius 1 is 1.24 bits per heavy atom. The second-order valence-corrected chi connectivity index (χ2v) is 4.13. The normalized spacial score (nSPS) is 10.8. The monoisotopic (exact) mass is 231 g/mol. The van der Waals surface area contributed by atoms with Crippen molar-refractivity contribution < 1.29 is 5.21 Å². The van der Waals surface area contributed by atoms with E-state index in [-0.39, 0.29) is 0 Å². The zero-order valence-electron chi connectivity index (χ0n) is 10.1. The van der Waals surface area contributed by atoms with Gasteiger partial charge in [0.15, 0.2) is 0 Å². The molecule has 0 aliphatic rings. The molecular weight excluding hydrogens is 214 g/mol. The molecule has 0 atom stereocenters. The molecule has 0 aliphatic carbocycles. The lowest BCUT2D eigenvalue weighted by molar-refractivity contribution is 0.161. The maximum Gasteiger partial charge on any atom is 0.0662 e. The summed E-state index contributed by atoms with van der Waals surface area (Å²) in [4.78, 5) is 0. The molecule has 0 saturated heterocycles. The largest absolute Gasteiger partial charge is 0.316 e. The number of nitrogens with zero attached hydrogens (tertiary/aromatic N) is 2. The fourth-order valence-electron chi connectivity index (χ4n) is 1.98. The van der Waals surface area contributed by atoms with Crippen LogP contribution in [-0.2, 0) is 13.1 Å². The summed E-state index contributed by atoms with van der Waals surface area (Å²) >= 11 is 0. The molecule has 2 rings (SSSR count). The molecule has 0 fully saturated rings. The summed E-state index contributed by atoms with van der Waals surface area (Å²) in [7, 11) is 0. The van der Waals surface area contributed by atoms with Crippen LogP contribution in [0.4, 0.5) is 0 Å². The highest BCUT2D eigenvalue weighted by atomic mass is 16.5. The fourth-order valence-corrected chi connectivity index (χ4v) is 1.98. The van der Waals surface area contributed by atoms with E-state index in [1.54, 1.807) is 0 Å². The lowest BCUT2D eigenvalue weighted by Crippen LogP contribution is -2.09. The van der Waals surface area contributed by atoms with Crippen molar-refractivity contribution >= 4 is 0 Å². The molecule has 1 aromatic heterocycles. The second kappa shape index (κ2) is 5.12. The van der Waals surface area contributed by atoms with Gasteiger partial charge in [0, 0.05) is 17.8 Å². The van der Waals surface area contributed by atoms with Gasteiger partial charge in [-0.25, -0.2) is 5.48 Å². The fraction of sp³-hybridized carbons (Fsp3) is 0.308. The maximum absolute atomic E-state index is 8.78. The van der Waals surface area contributed by atoms with Gasteiger partial charge in [0.1, 0.15) is 0 Å². The van der Waals surface area contributed by atoms with Crippen molar-refractivity contribution in [2.45, 2.75) is 26.9 Å². The minimum atomic E-state index is 0.437. The van der Waals surface area contributed by atoms with Crippen LogP contribution in [0.2, 0.25) is 0 Å². The molecule has 90 valence electrons. The third-order valence-corrected chi connectivity index (χ3v) is 2.96. The first-order valence-corrected chi connectivity index (χ1v) is 5.66. The number of hydrogen-bond donors (Lipinski definition) is 2. The van der Waals surface area contributed by atoms with Crippen molar-refractivity contribution in [1.82, 2.24) is 15.3 Å². The molecule has 4 nitrogen and oxygen atoms in total. The first-order valence-electron chi connectivity index (χ1n) is 5.66. The van der Waals surface area contributed by atoms with Crippen molar-refractivity contribution in [1.29, 1.82) is 0 Å². The van der Waals surface area contributed by atoms with Gasteiger partial charge in [-0.15, -0.1) is 0 Å². The topological polar surface area (TPSA) is 50.1 Å². The standard InChI is InChI=1S/C13H17N3O/c1-10-13(8-14-17)11(2)16(15-10)9-12-6-4-3-5-7-12/h3-7,14,17H,8-9H2,1-2H3. The molecular formula is C13H17N3O. The first-order chi connectivity index (χ1) is 8.22. The van der Waals surface area contributed by atoms with Gasteiger partial charge in [-0.05, 0) is 19.4 Å². The third-order valence-electron chi connectivity index (χ3n) is 2.96. The molecule has 0 saturated carbocycles. The van der Waals surface area contributed by atoms with Crippen LogP contribution in [-0.4, -0.2) is 15.0 Å². The van der Waals surface area contributed by atoms with Gasteiger partial charge in [0.2, 0.25) is 0 Å². The van der Waals surface area contributed by atoms with Gasteiger partial charge in [-0.1, -0.05) is 30.3 Å². The van der Waals surface area contributed by atoms with Gasteiger partial charge < -0.3 is 5.21 Å². The molecule has 1 heterocycles. The quantitative estimate of drug-likeness (QED) is 0.792. The van der Waals surface area contributed by atoms with Crippen LogP contribution < -0.4 is 5.48 Å². The number of aryl methyl sites for hydroxylation is 1. The highest BCUT2D eigenvalue weighted by molar-refractivity contribution is 5.25. The Morgan fingerprint density at radius 3 is 2.59 bits per heavy atom. The Labute approximate surface area is 101 Å². The van der Waals surface area contributed by atoms with Crippen molar-refractivity contribution in [3.05, 3.63) is 52.8 Å². The molecule has 0 spiro atoms. The Balaban J connectivity index is 2.25. The van der Waals surface area contributed by atoms with Gasteiger partial charge in [0.25, 0.3) is 0 Å². The highest BCUT2D eigenvalue weighted by Gasteiger charge is 2.10. The highest BCUT2D eigenvalue weighted by Crippen LogP contribution is 2.14. The van der Waals surface area contributed by atoms with E-state index in [4.69, 9.17) is 5.21 Å². The van der Waals surface area contributed by atoms with E-state index in [0.29, 0.717) is 6.54 Å². The number of benzene rings is 1. The van der Waals surface area contributed by atoms with E-state index in [2.05, 4.69) is 22.7 Å². The van der Waals surface area contributed by atoms with Crippen LogP contribution in [0.5, 0.6) is 0 Å². The second-order valence-electron chi connectivity index (χ2n) is 4.13. The Kier molecular flexibility index (Phi) is 3.56. The number of aromatic nitrogens is 2. The predicted octanol–water partition coefficient (Wildman–Crippen LogP) is 2.03. The summed E-state index contributed by atoms with van der Waals surface area (Å²) in [6.45, 7) is 5.18. The molecule has 4 heteroatoms. The number of hydroxylamine groups is 1. The summed E-state index contributed by atoms with van der Waals surface area (Å²) in [5, 5.41) is 13.3. The molecule has 2 N–H and O–H groups in total. The summed E-state index contributed by atoms with van der Waals surface area (Å²) in [5.74, 6) is 0. The minimum Gasteiger partial charge on any atom is -0.316 e. The molecule has 17 heavy (non-hydrogen) atoms. The van der Waals surface area contributed by atoms with E-state index in [1.807, 2.05) is 36.7 Å². The smallest absolute Gasteiger partial charge is 0.0662 e. The van der Waals surface area contributed by atoms with E-state index in [1.165, 1.54) is 5.56 Å². The lowest BCUT2D eigenvalue weighted by Gasteiger charge is -2.05. The first kappa shape index (κ1) is 11.8. The zero-order chi connectivity index (χ0) is 12.3. The average Bonchev–Trinajstić information content (AvgIpc) is 2.59. The van der Waals surface area contributed by atoms with Crippen LogP contribution in [0.1, 0.15) is 22.5 Å². The van der Waals surface area contributed by atoms with Crippen LogP contribution in [0, 0.1) is 13.8 Å². The van der Waals surface area contributed by atoms with Crippen molar-refractivity contribution in [3.8, 4) is 0 Å². The van der Waals surface area contributed by atoms with E-state index in [0.717, 1.165) is 23.5 Å². The number of rotatable bonds is 4. The van der Waals surface area contributed by atoms with Crippen LogP contribution >= 0.6 is 0 Å². The van der Waals surface area contributed by atoms with Gasteiger partial charge >= 0.3 is 0 Å². The summed E-state index contributed by atoms with van der Waals surface area (Å²) in [6.07, 6.45) is 0. The molecule has 0 unspecified atom stereocenters. The average molecular weight is 231 g/mol. The summed E-state index contributed by atoms with van der Waals surface area (Å²) < 4.78 is 1.97. The summed E-state index contributed by atoms with van der Waals surface area (Å²) in [5.41, 5.74) is 6.52. The maximum atomic E-state index is 8.78. The Morgan fingerprint density at radius 2 is 1.94 bits per heavy atom. The van der Waals surface area contributed by atoms with Gasteiger partial charge in [0.05, 0.1) is 12.2 Å². The Bertz CT molecular complexity index is 491. The van der Waals surface area contributed by atoms with E-state index < -0.39 is 0 Å². The predicted molar refractivity (Wildman–Crippen MR) is 65.9 cm³/mol. The third kappa shape index (κ3) is 2.54. The lowest BCUT2D eigenvalue weighted by atomic mass is 10.2. The van der Waals surface area contributed by atoms with Crippen LogP contribution in [0.3, 0.4) is 0 Å². The molecule has 0 bridgehead atoms. The van der Waals surface area contributed by atoms with E-state index >= 15 is 0 Å². The number of nitrogens with one attached hydrogen (secondary N) is 1. The van der Waals surface area contributed by atoms with E-state index in [9.17, 15) is 0 Å². The summed E-state index contributed by atoms with van der Waals surface area (Å²) in [6, 6.07) is 10.2. The van der Waals surface area contributed by atoms with Crippen molar-refractivity contribution in [3.63, 3.8) is 0 Å². The van der Waals surface area contributed by atoms with Crippen LogP contribution in [0.25, 0.3) is 0 Å². The van der Waals surface area contributed by atoms with Crippen molar-refractivity contribution in [2.24, 2.45) is 0 Å². The van der Waals surface area contributed by atoms with Crippen LogP contribution in [0.15, 0.2) is 30.3 Å². The molecule has 0 amide bonds. The molecule has 1 aromatic carbocycles. The molecule has 0 radical (unpaired) electrons. The number of hydrogen-bond acceptors (Lipinski definition) is 3. The zero-order valence-corrected chi connectivity index (χ0v) is 10.1. The van der Waals surface area contributed by atoms with Crippen molar-refractivity contribution in [2.75, 3.05) is 0 Å². The SMILES string of the molecule is Cc1nn(Cc2ccccc2)c(C)c1CNO. The minimum absolute atomic E-state index is 0.437.